The second kappa shape index (κ2) is 7.25. The molecule has 3 rings (SSSR count). The highest BCUT2D eigenvalue weighted by molar-refractivity contribution is 8.01. The van der Waals surface area contributed by atoms with Crippen molar-refractivity contribution in [3.63, 3.8) is 0 Å². The zero-order valence-electron chi connectivity index (χ0n) is 14.1. The molecule has 1 fully saturated rings. The molecule has 0 amide bonds. The SMILES string of the molecule is Cc1ccc(S(=O)(=O)N2CCS[C@@H]2c2ccc([N+](=O)[O-])cc2)cc1[N+](=O)[O-]. The number of aryl methyl sites for hydroxylation is 1. The monoisotopic (exact) mass is 409 g/mol. The van der Waals surface area contributed by atoms with Crippen LogP contribution >= 0.6 is 11.8 Å². The molecule has 0 aliphatic carbocycles. The molecule has 27 heavy (non-hydrogen) atoms. The Labute approximate surface area is 159 Å². The first kappa shape index (κ1) is 19.3. The van der Waals surface area contributed by atoms with Crippen LogP contribution in [0.15, 0.2) is 47.4 Å². The van der Waals surface area contributed by atoms with Gasteiger partial charge in [-0.15, -0.1) is 11.8 Å². The van der Waals surface area contributed by atoms with E-state index in [1.807, 2.05) is 0 Å². The van der Waals surface area contributed by atoms with Gasteiger partial charge in [-0.1, -0.05) is 6.07 Å². The number of nitrogens with zero attached hydrogens (tertiary/aromatic N) is 3. The molecule has 0 unspecified atom stereocenters. The second-order valence-electron chi connectivity index (χ2n) is 5.89. The van der Waals surface area contributed by atoms with Crippen molar-refractivity contribution >= 4 is 33.2 Å². The third-order valence-corrected chi connectivity index (χ3v) is 7.48. The molecule has 0 spiro atoms. The number of rotatable bonds is 5. The van der Waals surface area contributed by atoms with Gasteiger partial charge in [0.15, 0.2) is 0 Å². The maximum absolute atomic E-state index is 13.1. The van der Waals surface area contributed by atoms with Gasteiger partial charge in [0.2, 0.25) is 10.0 Å². The molecule has 11 heteroatoms. The predicted molar refractivity (Wildman–Crippen MR) is 100 cm³/mol. The van der Waals surface area contributed by atoms with Crippen LogP contribution in [0.3, 0.4) is 0 Å². The fourth-order valence-corrected chi connectivity index (χ4v) is 6.07. The molecule has 2 aromatic carbocycles. The number of hydrogen-bond acceptors (Lipinski definition) is 7. The summed E-state index contributed by atoms with van der Waals surface area (Å²) < 4.78 is 27.4. The summed E-state index contributed by atoms with van der Waals surface area (Å²) in [6.07, 6.45) is 0. The Bertz CT molecular complexity index is 1010. The van der Waals surface area contributed by atoms with Crippen molar-refractivity contribution in [2.45, 2.75) is 17.2 Å². The van der Waals surface area contributed by atoms with E-state index in [9.17, 15) is 28.6 Å². The minimum atomic E-state index is -3.96. The van der Waals surface area contributed by atoms with Gasteiger partial charge in [-0.25, -0.2) is 8.42 Å². The standard InChI is InChI=1S/C16H15N3O6S2/c1-11-2-7-14(10-15(11)19(22)23)27(24,25)17-8-9-26-16(17)12-3-5-13(6-4-12)18(20)21/h2-7,10,16H,8-9H2,1H3/t16-/m1/s1. The Morgan fingerprint density at radius 1 is 1.07 bits per heavy atom. The van der Waals surface area contributed by atoms with Crippen molar-refractivity contribution in [3.05, 3.63) is 73.8 Å². The fraction of sp³-hybridized carbons (Fsp3) is 0.250. The molecule has 9 nitrogen and oxygen atoms in total. The lowest BCUT2D eigenvalue weighted by Crippen LogP contribution is -2.30. The van der Waals surface area contributed by atoms with E-state index in [1.54, 1.807) is 6.92 Å². The van der Waals surface area contributed by atoms with Crippen molar-refractivity contribution in [1.82, 2.24) is 4.31 Å². The lowest BCUT2D eigenvalue weighted by atomic mass is 10.2. The van der Waals surface area contributed by atoms with Gasteiger partial charge >= 0.3 is 0 Å². The molecule has 0 N–H and O–H groups in total. The molecule has 1 aliphatic heterocycles. The summed E-state index contributed by atoms with van der Waals surface area (Å²) >= 11 is 1.40. The zero-order chi connectivity index (χ0) is 19.8. The van der Waals surface area contributed by atoms with E-state index < -0.39 is 25.2 Å². The van der Waals surface area contributed by atoms with Crippen molar-refractivity contribution in [3.8, 4) is 0 Å². The van der Waals surface area contributed by atoms with Crippen LogP contribution in [0.1, 0.15) is 16.5 Å². The summed E-state index contributed by atoms with van der Waals surface area (Å²) in [4.78, 5) is 20.7. The normalized spacial score (nSPS) is 17.7. The lowest BCUT2D eigenvalue weighted by molar-refractivity contribution is -0.385. The molecule has 0 aromatic heterocycles. The maximum atomic E-state index is 13.1. The van der Waals surface area contributed by atoms with Gasteiger partial charge in [0.25, 0.3) is 11.4 Å². The summed E-state index contributed by atoms with van der Waals surface area (Å²) in [5.74, 6) is 0.550. The van der Waals surface area contributed by atoms with Crippen LogP contribution in [-0.4, -0.2) is 34.9 Å². The van der Waals surface area contributed by atoms with Crippen LogP contribution in [0.2, 0.25) is 0 Å². The van der Waals surface area contributed by atoms with Gasteiger partial charge in [-0.3, -0.25) is 20.2 Å². The molecule has 1 atom stereocenters. The highest BCUT2D eigenvalue weighted by Crippen LogP contribution is 2.42. The van der Waals surface area contributed by atoms with E-state index in [0.717, 1.165) is 6.07 Å². The number of non-ortho nitro benzene ring substituents is 1. The van der Waals surface area contributed by atoms with Crippen LogP contribution in [-0.2, 0) is 10.0 Å². The first-order chi connectivity index (χ1) is 12.7. The summed E-state index contributed by atoms with van der Waals surface area (Å²) in [6.45, 7) is 1.79. The number of hydrogen-bond donors (Lipinski definition) is 0. The van der Waals surface area contributed by atoms with Crippen LogP contribution in [0.25, 0.3) is 0 Å². The van der Waals surface area contributed by atoms with Crippen molar-refractivity contribution in [2.24, 2.45) is 0 Å². The van der Waals surface area contributed by atoms with Crippen LogP contribution in [0.4, 0.5) is 11.4 Å². The topological polar surface area (TPSA) is 124 Å². The number of thioether (sulfide) groups is 1. The van der Waals surface area contributed by atoms with Crippen molar-refractivity contribution in [2.75, 3.05) is 12.3 Å². The lowest BCUT2D eigenvalue weighted by Gasteiger charge is -2.23. The molecule has 0 saturated carbocycles. The molecule has 2 aromatic rings. The van der Waals surface area contributed by atoms with Crippen LogP contribution < -0.4 is 0 Å². The Kier molecular flexibility index (Phi) is 5.18. The molecule has 0 bridgehead atoms. The van der Waals surface area contributed by atoms with Gasteiger partial charge in [-0.2, -0.15) is 4.31 Å². The second-order valence-corrected chi connectivity index (χ2v) is 8.97. The van der Waals surface area contributed by atoms with Gasteiger partial charge < -0.3 is 0 Å². The first-order valence-electron chi connectivity index (χ1n) is 7.84. The molecule has 1 saturated heterocycles. The number of nitro groups is 2. The number of benzene rings is 2. The van der Waals surface area contributed by atoms with Crippen LogP contribution in [0.5, 0.6) is 0 Å². The Balaban J connectivity index is 1.97. The quantitative estimate of drug-likeness (QED) is 0.548. The number of nitro benzene ring substituents is 2. The zero-order valence-corrected chi connectivity index (χ0v) is 15.8. The molecule has 1 aliphatic rings. The van der Waals surface area contributed by atoms with Gasteiger partial charge in [-0.05, 0) is 30.7 Å². The highest BCUT2D eigenvalue weighted by Gasteiger charge is 2.37. The third-order valence-electron chi connectivity index (χ3n) is 4.22. The van der Waals surface area contributed by atoms with E-state index in [1.165, 1.54) is 52.5 Å². The summed E-state index contributed by atoms with van der Waals surface area (Å²) in [6, 6.07) is 9.55. The van der Waals surface area contributed by atoms with E-state index in [0.29, 0.717) is 16.9 Å². The Hall–Kier alpha value is -2.50. The number of sulfonamides is 1. The van der Waals surface area contributed by atoms with Gasteiger partial charge in [0, 0.05) is 36.1 Å². The van der Waals surface area contributed by atoms with Gasteiger partial charge in [0.1, 0.15) is 0 Å². The Morgan fingerprint density at radius 2 is 1.74 bits per heavy atom. The first-order valence-corrected chi connectivity index (χ1v) is 10.3. The molecule has 142 valence electrons. The van der Waals surface area contributed by atoms with E-state index in [2.05, 4.69) is 0 Å². The summed E-state index contributed by atoms with van der Waals surface area (Å²) in [5, 5.41) is 21.4. The third kappa shape index (κ3) is 3.66. The minimum Gasteiger partial charge on any atom is -0.258 e. The smallest absolute Gasteiger partial charge is 0.258 e. The summed E-state index contributed by atoms with van der Waals surface area (Å²) in [5.41, 5.74) is 0.662. The molecule has 1 heterocycles. The van der Waals surface area contributed by atoms with E-state index in [-0.39, 0.29) is 22.8 Å². The fourth-order valence-electron chi connectivity index (χ4n) is 2.81. The highest BCUT2D eigenvalue weighted by atomic mass is 32.2. The molecular formula is C16H15N3O6S2. The Morgan fingerprint density at radius 3 is 2.33 bits per heavy atom. The average Bonchev–Trinajstić information content (AvgIpc) is 3.12. The maximum Gasteiger partial charge on any atom is 0.273 e. The van der Waals surface area contributed by atoms with Crippen LogP contribution in [0, 0.1) is 27.2 Å². The average molecular weight is 409 g/mol. The van der Waals surface area contributed by atoms with E-state index >= 15 is 0 Å². The van der Waals surface area contributed by atoms with Gasteiger partial charge in [0.05, 0.1) is 20.1 Å². The minimum absolute atomic E-state index is 0.0784. The predicted octanol–water partition coefficient (Wildman–Crippen LogP) is 3.25. The summed E-state index contributed by atoms with van der Waals surface area (Å²) in [7, 11) is -3.96. The largest absolute Gasteiger partial charge is 0.273 e. The molecular weight excluding hydrogens is 394 g/mol. The van der Waals surface area contributed by atoms with E-state index in [4.69, 9.17) is 0 Å². The molecule has 0 radical (unpaired) electrons. The van der Waals surface area contributed by atoms with Crippen molar-refractivity contribution in [1.29, 1.82) is 0 Å². The van der Waals surface area contributed by atoms with Crippen molar-refractivity contribution < 1.29 is 18.3 Å².